The van der Waals surface area contributed by atoms with Gasteiger partial charge in [-0.05, 0) is 24.3 Å². The number of nitro groups is 1. The number of anilines is 1. The van der Waals surface area contributed by atoms with Gasteiger partial charge in [0.1, 0.15) is 12.1 Å². The number of fused-ring (bicyclic) bond motifs is 1. The van der Waals surface area contributed by atoms with Gasteiger partial charge in [0.25, 0.3) is 11.6 Å². The van der Waals surface area contributed by atoms with Crippen LogP contribution < -0.4 is 14.8 Å². The van der Waals surface area contributed by atoms with Crippen molar-refractivity contribution in [1.82, 2.24) is 9.97 Å². The Kier molecular flexibility index (Phi) is 5.46. The van der Waals surface area contributed by atoms with Gasteiger partial charge < -0.3 is 14.8 Å². The van der Waals surface area contributed by atoms with Crippen LogP contribution in [0.15, 0.2) is 47.2 Å². The number of methoxy groups -OCH3 is 1. The van der Waals surface area contributed by atoms with Gasteiger partial charge in [-0.3, -0.25) is 14.9 Å². The summed E-state index contributed by atoms with van der Waals surface area (Å²) in [6.07, 6.45) is 1.34. The van der Waals surface area contributed by atoms with Crippen LogP contribution in [0.5, 0.6) is 11.6 Å². The van der Waals surface area contributed by atoms with E-state index in [9.17, 15) is 14.9 Å². The minimum atomic E-state index is -0.559. The maximum Gasteiger partial charge on any atom is 0.271 e. The molecule has 9 nitrogen and oxygen atoms in total. The Morgan fingerprint density at radius 3 is 2.81 bits per heavy atom. The highest BCUT2D eigenvalue weighted by Crippen LogP contribution is 2.29. The van der Waals surface area contributed by atoms with Crippen LogP contribution in [0.2, 0.25) is 0 Å². The lowest BCUT2D eigenvalue weighted by Crippen LogP contribution is -2.21. The Balaban J connectivity index is 1.75. The van der Waals surface area contributed by atoms with Gasteiger partial charge in [-0.15, -0.1) is 0 Å². The smallest absolute Gasteiger partial charge is 0.271 e. The average molecular weight is 433 g/mol. The highest BCUT2D eigenvalue weighted by Gasteiger charge is 2.15. The molecule has 3 aromatic rings. The van der Waals surface area contributed by atoms with Gasteiger partial charge in [0.2, 0.25) is 5.88 Å². The van der Waals surface area contributed by atoms with E-state index in [0.29, 0.717) is 16.7 Å². The number of ether oxygens (including phenoxy) is 2. The average Bonchev–Trinajstić information content (AvgIpc) is 2.66. The predicted molar refractivity (Wildman–Crippen MR) is 101 cm³/mol. The molecule has 0 saturated heterocycles. The number of halogens is 1. The molecule has 1 N–H and O–H groups in total. The number of nitrogens with one attached hydrogen (secondary N) is 1. The van der Waals surface area contributed by atoms with E-state index < -0.39 is 10.8 Å². The van der Waals surface area contributed by atoms with Crippen molar-refractivity contribution >= 4 is 44.1 Å². The van der Waals surface area contributed by atoms with Crippen LogP contribution in [-0.2, 0) is 4.79 Å². The van der Waals surface area contributed by atoms with Gasteiger partial charge in [-0.2, -0.15) is 0 Å². The molecule has 0 aliphatic carbocycles. The van der Waals surface area contributed by atoms with E-state index in [1.54, 1.807) is 12.1 Å². The molecule has 1 aromatic heterocycles. The van der Waals surface area contributed by atoms with Crippen molar-refractivity contribution in [2.45, 2.75) is 0 Å². The van der Waals surface area contributed by atoms with Crippen LogP contribution >= 0.6 is 15.9 Å². The standard InChI is InChI=1S/C17H13BrN4O5/c1-26-15-5-3-11(22(24)25)7-14(15)21-16(23)8-27-17-12-6-10(18)2-4-13(12)19-9-20-17/h2-7,9H,8H2,1H3,(H,21,23). The summed E-state index contributed by atoms with van der Waals surface area (Å²) in [5.74, 6) is 0.0309. The third kappa shape index (κ3) is 4.29. The first-order valence-corrected chi connectivity index (χ1v) is 8.42. The number of aromatic nitrogens is 2. The fourth-order valence-electron chi connectivity index (χ4n) is 2.35. The molecule has 0 atom stereocenters. The number of carbonyl (C=O) groups excluding carboxylic acids is 1. The second-order valence-corrected chi connectivity index (χ2v) is 6.23. The normalized spacial score (nSPS) is 10.4. The lowest BCUT2D eigenvalue weighted by Gasteiger charge is -2.11. The summed E-state index contributed by atoms with van der Waals surface area (Å²) < 4.78 is 11.4. The molecule has 0 unspecified atom stereocenters. The minimum Gasteiger partial charge on any atom is -0.495 e. The van der Waals surface area contributed by atoms with Crippen molar-refractivity contribution in [1.29, 1.82) is 0 Å². The molecule has 0 aliphatic rings. The highest BCUT2D eigenvalue weighted by atomic mass is 79.9. The van der Waals surface area contributed by atoms with Crippen LogP contribution in [0.3, 0.4) is 0 Å². The van der Waals surface area contributed by atoms with Crippen LogP contribution in [-0.4, -0.2) is 34.5 Å². The number of amides is 1. The molecule has 0 fully saturated rings. The third-order valence-electron chi connectivity index (χ3n) is 3.57. The first-order valence-electron chi connectivity index (χ1n) is 7.63. The van der Waals surface area contributed by atoms with E-state index in [-0.39, 0.29) is 23.9 Å². The van der Waals surface area contributed by atoms with Crippen molar-refractivity contribution < 1.29 is 19.2 Å². The summed E-state index contributed by atoms with van der Waals surface area (Å²) in [6.45, 7) is -0.343. The van der Waals surface area contributed by atoms with Gasteiger partial charge in [0, 0.05) is 16.6 Å². The zero-order valence-electron chi connectivity index (χ0n) is 14.0. The van der Waals surface area contributed by atoms with Crippen molar-refractivity contribution in [2.75, 3.05) is 19.0 Å². The fourth-order valence-corrected chi connectivity index (χ4v) is 2.71. The summed E-state index contributed by atoms with van der Waals surface area (Å²) in [5.41, 5.74) is 0.679. The maximum absolute atomic E-state index is 12.2. The summed E-state index contributed by atoms with van der Waals surface area (Å²) in [4.78, 5) is 30.8. The zero-order valence-corrected chi connectivity index (χ0v) is 15.6. The van der Waals surface area contributed by atoms with E-state index >= 15 is 0 Å². The highest BCUT2D eigenvalue weighted by molar-refractivity contribution is 9.10. The quantitative estimate of drug-likeness (QED) is 0.468. The van der Waals surface area contributed by atoms with Crippen LogP contribution in [0.1, 0.15) is 0 Å². The number of rotatable bonds is 6. The summed E-state index contributed by atoms with van der Waals surface area (Å²) in [5, 5.41) is 14.1. The number of hydrogen-bond donors (Lipinski definition) is 1. The second kappa shape index (κ2) is 7.96. The Bertz CT molecular complexity index is 1030. The number of nitrogens with zero attached hydrogens (tertiary/aromatic N) is 3. The summed E-state index contributed by atoms with van der Waals surface area (Å²) in [7, 11) is 1.40. The number of benzene rings is 2. The molecule has 0 aliphatic heterocycles. The molecular formula is C17H13BrN4O5. The summed E-state index contributed by atoms with van der Waals surface area (Å²) in [6, 6.07) is 9.32. The zero-order chi connectivity index (χ0) is 19.4. The molecule has 0 bridgehead atoms. The molecule has 27 heavy (non-hydrogen) atoms. The Hall–Kier alpha value is -3.27. The molecule has 3 rings (SSSR count). The molecular weight excluding hydrogens is 420 g/mol. The number of carbonyl (C=O) groups is 1. The van der Waals surface area contributed by atoms with E-state index in [4.69, 9.17) is 9.47 Å². The van der Waals surface area contributed by atoms with Gasteiger partial charge in [-0.1, -0.05) is 15.9 Å². The van der Waals surface area contributed by atoms with Crippen molar-refractivity contribution in [3.05, 3.63) is 57.3 Å². The molecule has 138 valence electrons. The van der Waals surface area contributed by atoms with Crippen molar-refractivity contribution in [3.63, 3.8) is 0 Å². The Morgan fingerprint density at radius 1 is 1.26 bits per heavy atom. The van der Waals surface area contributed by atoms with E-state index in [1.165, 1.54) is 31.6 Å². The molecule has 0 spiro atoms. The van der Waals surface area contributed by atoms with Crippen LogP contribution in [0.25, 0.3) is 10.9 Å². The van der Waals surface area contributed by atoms with Crippen molar-refractivity contribution in [3.8, 4) is 11.6 Å². The van der Waals surface area contributed by atoms with E-state index in [2.05, 4.69) is 31.2 Å². The monoisotopic (exact) mass is 432 g/mol. The second-order valence-electron chi connectivity index (χ2n) is 5.32. The van der Waals surface area contributed by atoms with Gasteiger partial charge >= 0.3 is 0 Å². The molecule has 1 heterocycles. The lowest BCUT2D eigenvalue weighted by atomic mass is 10.2. The molecule has 2 aromatic carbocycles. The van der Waals surface area contributed by atoms with Crippen LogP contribution in [0, 0.1) is 10.1 Å². The first kappa shape index (κ1) is 18.5. The minimum absolute atomic E-state index is 0.168. The van der Waals surface area contributed by atoms with Gasteiger partial charge in [0.15, 0.2) is 6.61 Å². The molecule has 1 amide bonds. The maximum atomic E-state index is 12.2. The number of non-ortho nitro benzene ring substituents is 1. The predicted octanol–water partition coefficient (Wildman–Crippen LogP) is 3.33. The molecule has 10 heteroatoms. The summed E-state index contributed by atoms with van der Waals surface area (Å²) >= 11 is 3.37. The largest absolute Gasteiger partial charge is 0.495 e. The van der Waals surface area contributed by atoms with Crippen LogP contribution in [0.4, 0.5) is 11.4 Å². The molecule has 0 radical (unpaired) electrons. The van der Waals surface area contributed by atoms with Gasteiger partial charge in [-0.25, -0.2) is 9.97 Å². The van der Waals surface area contributed by atoms with Gasteiger partial charge in [0.05, 0.1) is 28.6 Å². The first-order chi connectivity index (χ1) is 13.0. The van der Waals surface area contributed by atoms with Crippen molar-refractivity contribution in [2.24, 2.45) is 0 Å². The lowest BCUT2D eigenvalue weighted by molar-refractivity contribution is -0.384. The van der Waals surface area contributed by atoms with E-state index in [0.717, 1.165) is 4.47 Å². The van der Waals surface area contributed by atoms with E-state index in [1.807, 2.05) is 6.07 Å². The molecule has 0 saturated carbocycles. The number of nitro benzene ring substituents is 1. The fraction of sp³-hybridized carbons (Fsp3) is 0.118. The topological polar surface area (TPSA) is 116 Å². The Labute approximate surface area is 161 Å². The Morgan fingerprint density at radius 2 is 2.07 bits per heavy atom. The number of hydrogen-bond acceptors (Lipinski definition) is 7. The SMILES string of the molecule is COc1ccc([N+](=O)[O-])cc1NC(=O)COc1ncnc2ccc(Br)cc12. The third-order valence-corrected chi connectivity index (χ3v) is 4.06.